The third-order valence-electron chi connectivity index (χ3n) is 6.38. The molecule has 0 radical (unpaired) electrons. The summed E-state index contributed by atoms with van der Waals surface area (Å²) in [5, 5.41) is 4.71. The summed E-state index contributed by atoms with van der Waals surface area (Å²) in [5.74, 6) is 1.94. The first-order valence-corrected chi connectivity index (χ1v) is 10.6. The molecule has 3 heterocycles. The highest BCUT2D eigenvalue weighted by atomic mass is 16.4. The molecule has 2 aromatic rings. The van der Waals surface area contributed by atoms with Crippen LogP contribution in [-0.2, 0) is 38.8 Å². The number of likely N-dealkylation sites (tertiary alicyclic amines) is 1. The minimum atomic E-state index is 0.0501. The van der Waals surface area contributed by atoms with Crippen LogP contribution in [-0.4, -0.2) is 32.3 Å². The molecule has 6 nitrogen and oxygen atoms in total. The molecule has 27 heavy (non-hydrogen) atoms. The Kier molecular flexibility index (Phi) is 4.60. The minimum Gasteiger partial charge on any atom is -0.444 e. The molecule has 0 N–H and O–H groups in total. The van der Waals surface area contributed by atoms with Crippen LogP contribution in [0.3, 0.4) is 0 Å². The lowest BCUT2D eigenvalue weighted by Crippen LogP contribution is -2.37. The number of aromatic nitrogens is 3. The second-order valence-electron chi connectivity index (χ2n) is 8.29. The predicted molar refractivity (Wildman–Crippen MR) is 102 cm³/mol. The standard InChI is InChI=1S/C21H28N4O2/c26-21-12-15-6-1-2-8-17(15)23-25(21)13-16-7-5-11-24(16)14-20-22-18-9-3-4-10-19(18)27-20/h12,16H,1-11,13-14H2. The first-order valence-electron chi connectivity index (χ1n) is 10.6. The first kappa shape index (κ1) is 17.2. The van der Waals surface area contributed by atoms with Crippen molar-refractivity contribution in [2.45, 2.75) is 83.3 Å². The average Bonchev–Trinajstić information content (AvgIpc) is 3.29. The molecule has 6 heteroatoms. The highest BCUT2D eigenvalue weighted by Crippen LogP contribution is 2.25. The van der Waals surface area contributed by atoms with Gasteiger partial charge in [0.2, 0.25) is 5.89 Å². The van der Waals surface area contributed by atoms with Crippen LogP contribution in [0, 0.1) is 0 Å². The lowest BCUT2D eigenvalue weighted by molar-refractivity contribution is 0.196. The lowest BCUT2D eigenvalue weighted by atomic mass is 9.97. The molecule has 5 rings (SSSR count). The summed E-state index contributed by atoms with van der Waals surface area (Å²) in [6.07, 6.45) is 11.1. The summed E-state index contributed by atoms with van der Waals surface area (Å²) in [6.45, 7) is 2.46. The number of hydrogen-bond acceptors (Lipinski definition) is 5. The Labute approximate surface area is 159 Å². The topological polar surface area (TPSA) is 64.2 Å². The van der Waals surface area contributed by atoms with Gasteiger partial charge in [0.1, 0.15) is 5.76 Å². The van der Waals surface area contributed by atoms with Crippen LogP contribution in [0.15, 0.2) is 15.3 Å². The fourth-order valence-corrected chi connectivity index (χ4v) is 4.89. The molecular formula is C21H28N4O2. The number of rotatable bonds is 4. The Morgan fingerprint density at radius 1 is 1.04 bits per heavy atom. The number of fused-ring (bicyclic) bond motifs is 2. The zero-order valence-electron chi connectivity index (χ0n) is 16.0. The fourth-order valence-electron chi connectivity index (χ4n) is 4.89. The monoisotopic (exact) mass is 368 g/mol. The van der Waals surface area contributed by atoms with E-state index in [4.69, 9.17) is 14.5 Å². The summed E-state index contributed by atoms with van der Waals surface area (Å²) in [6, 6.07) is 2.16. The molecule has 3 aliphatic rings. The molecule has 0 spiro atoms. The molecule has 144 valence electrons. The van der Waals surface area contributed by atoms with E-state index in [2.05, 4.69) is 4.90 Å². The van der Waals surface area contributed by atoms with E-state index in [-0.39, 0.29) is 5.56 Å². The van der Waals surface area contributed by atoms with E-state index in [1.54, 1.807) is 4.68 Å². The van der Waals surface area contributed by atoms with E-state index in [1.807, 2.05) is 6.07 Å². The Morgan fingerprint density at radius 3 is 2.74 bits per heavy atom. The van der Waals surface area contributed by atoms with Gasteiger partial charge in [-0.1, -0.05) is 0 Å². The van der Waals surface area contributed by atoms with Crippen molar-refractivity contribution in [1.82, 2.24) is 19.7 Å². The van der Waals surface area contributed by atoms with E-state index in [9.17, 15) is 4.79 Å². The van der Waals surface area contributed by atoms with E-state index in [0.29, 0.717) is 12.6 Å². The molecule has 1 saturated heterocycles. The molecule has 1 unspecified atom stereocenters. The SMILES string of the molecule is O=c1cc2c(nn1CC1CCCN1Cc1nc3c(o1)CCCC3)CCCC2. The van der Waals surface area contributed by atoms with Gasteiger partial charge in [-0.25, -0.2) is 9.67 Å². The van der Waals surface area contributed by atoms with Gasteiger partial charge in [0, 0.05) is 18.5 Å². The molecule has 0 bridgehead atoms. The second kappa shape index (κ2) is 7.23. The van der Waals surface area contributed by atoms with Crippen LogP contribution < -0.4 is 5.56 Å². The Bertz CT molecular complexity index is 861. The Morgan fingerprint density at radius 2 is 1.85 bits per heavy atom. The normalized spacial score (nSPS) is 22.6. The molecule has 0 amide bonds. The molecule has 0 aromatic carbocycles. The minimum absolute atomic E-state index is 0.0501. The summed E-state index contributed by atoms with van der Waals surface area (Å²) in [7, 11) is 0. The van der Waals surface area contributed by atoms with Crippen LogP contribution in [0.25, 0.3) is 0 Å². The smallest absolute Gasteiger partial charge is 0.267 e. The summed E-state index contributed by atoms with van der Waals surface area (Å²) in [5.41, 5.74) is 3.51. The zero-order valence-corrected chi connectivity index (χ0v) is 16.0. The van der Waals surface area contributed by atoms with Crippen molar-refractivity contribution < 1.29 is 4.42 Å². The Hall–Kier alpha value is -1.95. The van der Waals surface area contributed by atoms with E-state index in [1.165, 1.54) is 31.4 Å². The molecule has 1 fully saturated rings. The van der Waals surface area contributed by atoms with Gasteiger partial charge >= 0.3 is 0 Å². The molecule has 1 atom stereocenters. The molecule has 0 saturated carbocycles. The van der Waals surface area contributed by atoms with Crippen LogP contribution in [0.4, 0.5) is 0 Å². The van der Waals surface area contributed by atoms with Crippen LogP contribution in [0.2, 0.25) is 0 Å². The van der Waals surface area contributed by atoms with Gasteiger partial charge in [0.05, 0.1) is 24.5 Å². The predicted octanol–water partition coefficient (Wildman–Crippen LogP) is 2.65. The maximum absolute atomic E-state index is 12.5. The van der Waals surface area contributed by atoms with Gasteiger partial charge in [0.25, 0.3) is 5.56 Å². The van der Waals surface area contributed by atoms with Crippen molar-refractivity contribution in [3.63, 3.8) is 0 Å². The van der Waals surface area contributed by atoms with Crippen molar-refractivity contribution in [2.24, 2.45) is 0 Å². The molecule has 2 aromatic heterocycles. The van der Waals surface area contributed by atoms with Gasteiger partial charge < -0.3 is 4.42 Å². The summed E-state index contributed by atoms with van der Waals surface area (Å²) >= 11 is 0. The van der Waals surface area contributed by atoms with Crippen molar-refractivity contribution in [3.8, 4) is 0 Å². The maximum Gasteiger partial charge on any atom is 0.267 e. The van der Waals surface area contributed by atoms with Gasteiger partial charge in [-0.05, 0) is 69.9 Å². The first-order chi connectivity index (χ1) is 13.3. The highest BCUT2D eigenvalue weighted by Gasteiger charge is 2.28. The molecular weight excluding hydrogens is 340 g/mol. The van der Waals surface area contributed by atoms with Crippen molar-refractivity contribution in [2.75, 3.05) is 6.54 Å². The lowest BCUT2D eigenvalue weighted by Gasteiger charge is -2.24. The summed E-state index contributed by atoms with van der Waals surface area (Å²) in [4.78, 5) is 19.7. The van der Waals surface area contributed by atoms with Gasteiger partial charge in [-0.15, -0.1) is 0 Å². The third kappa shape index (κ3) is 3.47. The van der Waals surface area contributed by atoms with Gasteiger partial charge in [-0.2, -0.15) is 5.10 Å². The van der Waals surface area contributed by atoms with Gasteiger partial charge in [0.15, 0.2) is 0 Å². The van der Waals surface area contributed by atoms with Crippen LogP contribution in [0.5, 0.6) is 0 Å². The van der Waals surface area contributed by atoms with Crippen LogP contribution in [0.1, 0.15) is 67.1 Å². The van der Waals surface area contributed by atoms with E-state index in [0.717, 1.165) is 74.5 Å². The highest BCUT2D eigenvalue weighted by molar-refractivity contribution is 5.20. The largest absolute Gasteiger partial charge is 0.444 e. The third-order valence-corrected chi connectivity index (χ3v) is 6.38. The zero-order chi connectivity index (χ0) is 18.2. The average molecular weight is 368 g/mol. The number of oxazole rings is 1. The van der Waals surface area contributed by atoms with E-state index >= 15 is 0 Å². The Balaban J connectivity index is 1.31. The second-order valence-corrected chi connectivity index (χ2v) is 8.29. The van der Waals surface area contributed by atoms with Gasteiger partial charge in [-0.3, -0.25) is 9.69 Å². The number of aryl methyl sites for hydroxylation is 4. The van der Waals surface area contributed by atoms with Crippen LogP contribution >= 0.6 is 0 Å². The summed E-state index contributed by atoms with van der Waals surface area (Å²) < 4.78 is 7.73. The van der Waals surface area contributed by atoms with Crippen molar-refractivity contribution in [1.29, 1.82) is 0 Å². The number of nitrogens with zero attached hydrogens (tertiary/aromatic N) is 4. The quantitative estimate of drug-likeness (QED) is 0.830. The molecule has 1 aliphatic heterocycles. The molecule has 2 aliphatic carbocycles. The maximum atomic E-state index is 12.5. The fraction of sp³-hybridized carbons (Fsp3) is 0.667. The number of hydrogen-bond donors (Lipinski definition) is 0. The van der Waals surface area contributed by atoms with Crippen molar-refractivity contribution >= 4 is 0 Å². The van der Waals surface area contributed by atoms with E-state index < -0.39 is 0 Å². The van der Waals surface area contributed by atoms with Crippen molar-refractivity contribution in [3.05, 3.63) is 45.0 Å².